The highest BCUT2D eigenvalue weighted by Crippen LogP contribution is 1.93. The minimum Gasteiger partial charge on any atom is -0.759 e. The van der Waals surface area contributed by atoms with E-state index in [2.05, 4.69) is 0 Å². The van der Waals surface area contributed by atoms with Gasteiger partial charge in [-0.15, -0.1) is 4.13 Å². The van der Waals surface area contributed by atoms with E-state index in [1.54, 1.807) is 0 Å². The molecule has 0 radical (unpaired) electrons. The second-order valence-electron chi connectivity index (χ2n) is 1.99. The van der Waals surface area contributed by atoms with Gasteiger partial charge in [0, 0.05) is 11.3 Å². The summed E-state index contributed by atoms with van der Waals surface area (Å²) in [6.07, 6.45) is 1.18. The molecule has 0 fully saturated rings. The van der Waals surface area contributed by atoms with Gasteiger partial charge in [-0.3, -0.25) is 4.21 Å². The molecule has 0 aromatic carbocycles. The van der Waals surface area contributed by atoms with E-state index in [0.717, 1.165) is 0 Å². The van der Waals surface area contributed by atoms with Gasteiger partial charge in [0.15, 0.2) is 0 Å². The second-order valence-corrected chi connectivity index (χ2v) is 4.76. The van der Waals surface area contributed by atoms with Gasteiger partial charge in [0.25, 0.3) is 0 Å². The number of hydrogen-bond acceptors (Lipinski definition) is 4. The first-order chi connectivity index (χ1) is 4.98. The standard InChI is InChI=1S/C4H11NO4S2/c1-2-3-4-11(8,9)5-10(6)7/h5H,2-4H2,1H3,(H,6,7)/p-1. The van der Waals surface area contributed by atoms with E-state index in [1.165, 1.54) is 4.13 Å². The lowest BCUT2D eigenvalue weighted by molar-refractivity contribution is 0.529. The van der Waals surface area contributed by atoms with Crippen molar-refractivity contribution in [2.45, 2.75) is 19.8 Å². The van der Waals surface area contributed by atoms with Crippen molar-refractivity contribution in [3.63, 3.8) is 0 Å². The van der Waals surface area contributed by atoms with Crippen LogP contribution in [0.25, 0.3) is 0 Å². The smallest absolute Gasteiger partial charge is 0.221 e. The van der Waals surface area contributed by atoms with E-state index in [4.69, 9.17) is 0 Å². The van der Waals surface area contributed by atoms with Crippen LogP contribution in [0.4, 0.5) is 0 Å². The first kappa shape index (κ1) is 11.0. The molecule has 5 nitrogen and oxygen atoms in total. The zero-order chi connectivity index (χ0) is 8.91. The van der Waals surface area contributed by atoms with E-state index in [9.17, 15) is 17.2 Å². The van der Waals surface area contributed by atoms with Crippen LogP contribution in [0.2, 0.25) is 0 Å². The van der Waals surface area contributed by atoms with Crippen LogP contribution in [0.15, 0.2) is 0 Å². The highest BCUT2D eigenvalue weighted by molar-refractivity contribution is 7.99. The molecule has 0 aliphatic rings. The topological polar surface area (TPSA) is 86.3 Å². The lowest BCUT2D eigenvalue weighted by atomic mass is 10.4. The van der Waals surface area contributed by atoms with Gasteiger partial charge >= 0.3 is 0 Å². The molecular formula is C4H10NO4S2-. The summed E-state index contributed by atoms with van der Waals surface area (Å²) in [6.45, 7) is 1.82. The van der Waals surface area contributed by atoms with E-state index in [0.29, 0.717) is 12.8 Å². The van der Waals surface area contributed by atoms with Crippen molar-refractivity contribution in [1.29, 1.82) is 0 Å². The Bertz CT molecular complexity index is 222. The third-order valence-corrected chi connectivity index (χ3v) is 3.35. The maximum Gasteiger partial charge on any atom is 0.221 e. The average Bonchev–Trinajstić information content (AvgIpc) is 1.81. The molecule has 0 heterocycles. The maximum absolute atomic E-state index is 10.7. The van der Waals surface area contributed by atoms with E-state index < -0.39 is 21.3 Å². The van der Waals surface area contributed by atoms with Crippen molar-refractivity contribution in [1.82, 2.24) is 4.13 Å². The molecule has 1 unspecified atom stereocenters. The third-order valence-electron chi connectivity index (χ3n) is 0.962. The molecule has 68 valence electrons. The summed E-state index contributed by atoms with van der Waals surface area (Å²) in [6, 6.07) is 0. The lowest BCUT2D eigenvalue weighted by Gasteiger charge is -2.06. The Labute approximate surface area is 68.7 Å². The molecule has 0 bridgehead atoms. The number of rotatable bonds is 5. The molecule has 0 spiro atoms. The highest BCUT2D eigenvalue weighted by Gasteiger charge is 2.07. The SMILES string of the molecule is CCCCS(=O)(=O)NS(=O)[O-]. The number of sulfonamides is 1. The summed E-state index contributed by atoms with van der Waals surface area (Å²) in [5, 5.41) is 0. The van der Waals surface area contributed by atoms with Crippen LogP contribution in [-0.4, -0.2) is 22.9 Å². The summed E-state index contributed by atoms with van der Waals surface area (Å²) >= 11 is -2.73. The predicted octanol–water partition coefficient (Wildman–Crippen LogP) is -0.500. The van der Waals surface area contributed by atoms with Crippen molar-refractivity contribution in [2.24, 2.45) is 0 Å². The molecule has 1 atom stereocenters. The van der Waals surface area contributed by atoms with Crippen LogP contribution in [-0.2, 0) is 21.3 Å². The normalized spacial score (nSPS) is 14.7. The van der Waals surface area contributed by atoms with Crippen molar-refractivity contribution in [3.05, 3.63) is 0 Å². The second kappa shape index (κ2) is 4.81. The molecule has 0 rings (SSSR count). The fourth-order valence-electron chi connectivity index (χ4n) is 0.480. The minimum absolute atomic E-state index is 0.141. The van der Waals surface area contributed by atoms with Gasteiger partial charge in [-0.2, -0.15) is 0 Å². The first-order valence-electron chi connectivity index (χ1n) is 3.07. The Hall–Kier alpha value is 0.0200. The van der Waals surface area contributed by atoms with E-state index in [1.807, 2.05) is 6.92 Å². The Morgan fingerprint density at radius 2 is 2.09 bits per heavy atom. The molecular weight excluding hydrogens is 190 g/mol. The van der Waals surface area contributed by atoms with Gasteiger partial charge in [-0.1, -0.05) is 13.3 Å². The predicted molar refractivity (Wildman–Crippen MR) is 40.8 cm³/mol. The molecule has 1 N–H and O–H groups in total. The summed E-state index contributed by atoms with van der Waals surface area (Å²) in [4.78, 5) is 0. The third kappa shape index (κ3) is 6.42. The van der Waals surface area contributed by atoms with Crippen molar-refractivity contribution in [3.8, 4) is 0 Å². The average molecular weight is 200 g/mol. The van der Waals surface area contributed by atoms with Crippen molar-refractivity contribution >= 4 is 21.3 Å². The van der Waals surface area contributed by atoms with E-state index >= 15 is 0 Å². The van der Waals surface area contributed by atoms with E-state index in [-0.39, 0.29) is 5.75 Å². The Morgan fingerprint density at radius 1 is 1.55 bits per heavy atom. The summed E-state index contributed by atoms with van der Waals surface area (Å²) in [5.41, 5.74) is 0. The quantitative estimate of drug-likeness (QED) is 0.606. The van der Waals surface area contributed by atoms with Gasteiger partial charge in [-0.05, 0) is 6.42 Å². The zero-order valence-electron chi connectivity index (χ0n) is 6.07. The van der Waals surface area contributed by atoms with Crippen LogP contribution in [0.1, 0.15) is 19.8 Å². The number of unbranched alkanes of at least 4 members (excludes halogenated alkanes) is 1. The molecule has 0 aliphatic heterocycles. The number of nitrogens with one attached hydrogen (secondary N) is 1. The Morgan fingerprint density at radius 3 is 2.45 bits per heavy atom. The van der Waals surface area contributed by atoms with Crippen LogP contribution in [0.5, 0.6) is 0 Å². The van der Waals surface area contributed by atoms with Gasteiger partial charge in [-0.25, -0.2) is 8.42 Å². The van der Waals surface area contributed by atoms with Gasteiger partial charge in [0.2, 0.25) is 10.0 Å². The van der Waals surface area contributed by atoms with Crippen LogP contribution in [0.3, 0.4) is 0 Å². The zero-order valence-corrected chi connectivity index (χ0v) is 7.70. The number of hydrogen-bond donors (Lipinski definition) is 1. The Kier molecular flexibility index (Phi) is 4.82. The van der Waals surface area contributed by atoms with Crippen LogP contribution < -0.4 is 4.13 Å². The molecule has 11 heavy (non-hydrogen) atoms. The summed E-state index contributed by atoms with van der Waals surface area (Å²) in [5.74, 6) is -0.141. The lowest BCUT2D eigenvalue weighted by Crippen LogP contribution is -2.27. The van der Waals surface area contributed by atoms with Crippen molar-refractivity contribution in [2.75, 3.05) is 5.75 Å². The monoisotopic (exact) mass is 200 g/mol. The highest BCUT2D eigenvalue weighted by atomic mass is 32.3. The van der Waals surface area contributed by atoms with Gasteiger partial charge in [0.05, 0.1) is 5.75 Å². The van der Waals surface area contributed by atoms with Gasteiger partial charge in [0.1, 0.15) is 0 Å². The summed E-state index contributed by atoms with van der Waals surface area (Å²) in [7, 11) is -3.61. The maximum atomic E-state index is 10.7. The molecule has 0 saturated heterocycles. The Balaban J connectivity index is 3.92. The molecule has 0 aromatic heterocycles. The van der Waals surface area contributed by atoms with Crippen LogP contribution in [0, 0.1) is 0 Å². The van der Waals surface area contributed by atoms with Gasteiger partial charge < -0.3 is 4.55 Å². The first-order valence-corrected chi connectivity index (χ1v) is 5.80. The molecule has 0 saturated carbocycles. The fourth-order valence-corrected chi connectivity index (χ4v) is 2.31. The fraction of sp³-hybridized carbons (Fsp3) is 1.00. The minimum atomic E-state index is -3.61. The molecule has 0 aliphatic carbocycles. The summed E-state index contributed by atoms with van der Waals surface area (Å²) < 4.78 is 42.6. The molecule has 7 heteroatoms. The van der Waals surface area contributed by atoms with Crippen molar-refractivity contribution < 1.29 is 17.2 Å². The molecule has 0 aromatic rings. The van der Waals surface area contributed by atoms with Crippen LogP contribution >= 0.6 is 0 Å². The largest absolute Gasteiger partial charge is 0.759 e. The molecule has 0 amide bonds.